The number of unbranched alkanes of at least 4 members (excludes halogenated alkanes) is 3. The summed E-state index contributed by atoms with van der Waals surface area (Å²) in [4.78, 5) is 12.3. The summed E-state index contributed by atoms with van der Waals surface area (Å²) in [5.74, 6) is 0.894. The summed E-state index contributed by atoms with van der Waals surface area (Å²) in [6.45, 7) is 2.13. The number of nitrogen functional groups attached to an aromatic ring is 1. The molecule has 130 valence electrons. The number of hydrogen-bond donors (Lipinski definition) is 2. The largest absolute Gasteiger partial charge is 0.416 e. The highest BCUT2D eigenvalue weighted by atomic mass is 19.4. The number of nitrogens with two attached hydrogens (primary N) is 1. The van der Waals surface area contributed by atoms with Gasteiger partial charge in [0.05, 0.1) is 5.56 Å². The first-order chi connectivity index (χ1) is 11.4. The molecule has 8 heteroatoms. The number of benzene rings is 1. The fourth-order valence-electron chi connectivity index (χ4n) is 2.19. The first kappa shape index (κ1) is 18.0. The van der Waals surface area contributed by atoms with Crippen molar-refractivity contribution in [3.05, 3.63) is 35.7 Å². The Hall–Kier alpha value is -2.38. The van der Waals surface area contributed by atoms with Gasteiger partial charge in [-0.05, 0) is 30.7 Å². The molecule has 0 atom stereocenters. The number of halogens is 3. The van der Waals surface area contributed by atoms with Crippen molar-refractivity contribution in [2.24, 2.45) is 0 Å². The van der Waals surface area contributed by atoms with Crippen LogP contribution in [0.5, 0.6) is 0 Å². The third-order valence-corrected chi connectivity index (χ3v) is 3.42. The second-order valence-electron chi connectivity index (χ2n) is 5.44. The maximum absolute atomic E-state index is 12.6. The first-order valence-corrected chi connectivity index (χ1v) is 7.83. The van der Waals surface area contributed by atoms with Crippen LogP contribution < -0.4 is 11.1 Å². The van der Waals surface area contributed by atoms with Crippen LogP contribution in [0.25, 0.3) is 0 Å². The predicted octanol–water partition coefficient (Wildman–Crippen LogP) is 4.34. The van der Waals surface area contributed by atoms with E-state index in [9.17, 15) is 13.2 Å². The van der Waals surface area contributed by atoms with E-state index in [-0.39, 0.29) is 11.9 Å². The smallest absolute Gasteiger partial charge is 0.368 e. The van der Waals surface area contributed by atoms with Crippen LogP contribution in [0.3, 0.4) is 0 Å². The number of rotatable bonds is 7. The molecular weight excluding hydrogens is 319 g/mol. The quantitative estimate of drug-likeness (QED) is 0.734. The highest BCUT2D eigenvalue weighted by Gasteiger charge is 2.29. The summed E-state index contributed by atoms with van der Waals surface area (Å²) in [5, 5.41) is 2.86. The van der Waals surface area contributed by atoms with Crippen molar-refractivity contribution in [2.45, 2.75) is 45.2 Å². The van der Waals surface area contributed by atoms with Gasteiger partial charge in [0, 0.05) is 12.1 Å². The van der Waals surface area contributed by atoms with Crippen molar-refractivity contribution in [1.82, 2.24) is 15.0 Å². The molecule has 1 heterocycles. The molecule has 0 spiro atoms. The van der Waals surface area contributed by atoms with Gasteiger partial charge in [0.2, 0.25) is 11.9 Å². The molecule has 1 aromatic heterocycles. The number of anilines is 3. The molecule has 2 rings (SSSR count). The van der Waals surface area contributed by atoms with Gasteiger partial charge in [0.15, 0.2) is 0 Å². The average Bonchev–Trinajstić information content (AvgIpc) is 2.51. The average molecular weight is 339 g/mol. The summed E-state index contributed by atoms with van der Waals surface area (Å²) in [6.07, 6.45) is 0.661. The van der Waals surface area contributed by atoms with Crippen LogP contribution in [0.4, 0.5) is 30.8 Å². The second kappa shape index (κ2) is 7.94. The highest BCUT2D eigenvalue weighted by molar-refractivity contribution is 5.54. The van der Waals surface area contributed by atoms with Crippen molar-refractivity contribution in [2.75, 3.05) is 11.1 Å². The van der Waals surface area contributed by atoms with Gasteiger partial charge in [-0.3, -0.25) is 0 Å². The molecular formula is C16H20F3N5. The topological polar surface area (TPSA) is 76.7 Å². The van der Waals surface area contributed by atoms with Gasteiger partial charge in [-0.25, -0.2) is 0 Å². The molecule has 0 saturated heterocycles. The number of alkyl halides is 3. The van der Waals surface area contributed by atoms with Gasteiger partial charge >= 0.3 is 6.18 Å². The Kier molecular flexibility index (Phi) is 5.94. The second-order valence-corrected chi connectivity index (χ2v) is 5.44. The van der Waals surface area contributed by atoms with E-state index in [0.717, 1.165) is 37.8 Å². The van der Waals surface area contributed by atoms with E-state index in [1.54, 1.807) is 0 Å². The Morgan fingerprint density at radius 3 is 2.33 bits per heavy atom. The molecule has 0 radical (unpaired) electrons. The number of nitrogens with one attached hydrogen (secondary N) is 1. The number of hydrogen-bond acceptors (Lipinski definition) is 5. The monoisotopic (exact) mass is 339 g/mol. The van der Waals surface area contributed by atoms with Crippen molar-refractivity contribution in [3.8, 4) is 0 Å². The van der Waals surface area contributed by atoms with E-state index in [4.69, 9.17) is 5.73 Å². The van der Waals surface area contributed by atoms with E-state index < -0.39 is 11.7 Å². The summed E-state index contributed by atoms with van der Waals surface area (Å²) < 4.78 is 37.7. The van der Waals surface area contributed by atoms with Crippen LogP contribution in [-0.2, 0) is 12.6 Å². The molecule has 24 heavy (non-hydrogen) atoms. The number of nitrogens with zero attached hydrogens (tertiary/aromatic N) is 3. The lowest BCUT2D eigenvalue weighted by molar-refractivity contribution is -0.137. The maximum atomic E-state index is 12.6. The fraction of sp³-hybridized carbons (Fsp3) is 0.438. The van der Waals surface area contributed by atoms with Crippen LogP contribution in [-0.4, -0.2) is 15.0 Å². The summed E-state index contributed by atoms with van der Waals surface area (Å²) in [6, 6.07) is 4.64. The summed E-state index contributed by atoms with van der Waals surface area (Å²) in [5.41, 5.74) is 5.41. The van der Waals surface area contributed by atoms with E-state index in [1.807, 2.05) is 0 Å². The molecule has 0 unspecified atom stereocenters. The van der Waals surface area contributed by atoms with Gasteiger partial charge in [-0.15, -0.1) is 0 Å². The molecule has 5 nitrogen and oxygen atoms in total. The van der Waals surface area contributed by atoms with E-state index in [0.29, 0.717) is 17.9 Å². The van der Waals surface area contributed by atoms with Crippen molar-refractivity contribution < 1.29 is 13.2 Å². The molecule has 2 aromatic rings. The number of aromatic nitrogens is 3. The van der Waals surface area contributed by atoms with Gasteiger partial charge in [0.1, 0.15) is 5.82 Å². The lowest BCUT2D eigenvalue weighted by Crippen LogP contribution is -2.08. The minimum absolute atomic E-state index is 0.0879. The Morgan fingerprint density at radius 1 is 1.00 bits per heavy atom. The van der Waals surface area contributed by atoms with Crippen molar-refractivity contribution in [1.29, 1.82) is 0 Å². The van der Waals surface area contributed by atoms with Gasteiger partial charge in [-0.1, -0.05) is 26.2 Å². The highest BCUT2D eigenvalue weighted by Crippen LogP contribution is 2.30. The normalized spacial score (nSPS) is 11.5. The molecule has 0 aliphatic rings. The molecule has 0 bridgehead atoms. The van der Waals surface area contributed by atoms with E-state index >= 15 is 0 Å². The van der Waals surface area contributed by atoms with Gasteiger partial charge < -0.3 is 11.1 Å². The Morgan fingerprint density at radius 2 is 1.71 bits per heavy atom. The Bertz CT molecular complexity index is 656. The standard InChI is InChI=1S/C16H20F3N5/c1-2-3-4-5-6-13-22-14(20)24-15(23-13)21-12-9-7-11(8-10-12)16(17,18)19/h7-10H,2-6H2,1H3,(H3,20,21,22,23,24). The van der Waals surface area contributed by atoms with Crippen LogP contribution in [0.15, 0.2) is 24.3 Å². The molecule has 0 aliphatic carbocycles. The zero-order chi connectivity index (χ0) is 17.6. The van der Waals surface area contributed by atoms with Crippen LogP contribution >= 0.6 is 0 Å². The third kappa shape index (κ3) is 5.36. The molecule has 3 N–H and O–H groups in total. The van der Waals surface area contributed by atoms with E-state index in [2.05, 4.69) is 27.2 Å². The maximum Gasteiger partial charge on any atom is 0.416 e. The molecule has 0 fully saturated rings. The van der Waals surface area contributed by atoms with Gasteiger partial charge in [0.25, 0.3) is 0 Å². The van der Waals surface area contributed by atoms with Crippen molar-refractivity contribution >= 4 is 17.6 Å². The lowest BCUT2D eigenvalue weighted by atomic mass is 10.1. The zero-order valence-corrected chi connectivity index (χ0v) is 13.4. The van der Waals surface area contributed by atoms with Crippen LogP contribution in [0.2, 0.25) is 0 Å². The lowest BCUT2D eigenvalue weighted by Gasteiger charge is -2.09. The molecule has 0 aliphatic heterocycles. The molecule has 0 saturated carbocycles. The number of aryl methyl sites for hydroxylation is 1. The van der Waals surface area contributed by atoms with E-state index in [1.165, 1.54) is 12.1 Å². The molecule has 1 aromatic carbocycles. The third-order valence-electron chi connectivity index (χ3n) is 3.42. The Balaban J connectivity index is 2.05. The SMILES string of the molecule is CCCCCCc1nc(N)nc(Nc2ccc(C(F)(F)F)cc2)n1. The van der Waals surface area contributed by atoms with Crippen molar-refractivity contribution in [3.63, 3.8) is 0 Å². The zero-order valence-electron chi connectivity index (χ0n) is 13.4. The minimum atomic E-state index is -4.36. The predicted molar refractivity (Wildman–Crippen MR) is 86.8 cm³/mol. The summed E-state index contributed by atoms with van der Waals surface area (Å²) in [7, 11) is 0. The first-order valence-electron chi connectivity index (χ1n) is 7.83. The minimum Gasteiger partial charge on any atom is -0.368 e. The summed E-state index contributed by atoms with van der Waals surface area (Å²) >= 11 is 0. The fourth-order valence-corrected chi connectivity index (χ4v) is 2.19. The van der Waals surface area contributed by atoms with Gasteiger partial charge in [-0.2, -0.15) is 28.1 Å². The molecule has 0 amide bonds. The van der Waals surface area contributed by atoms with Crippen LogP contribution in [0.1, 0.15) is 44.0 Å². The van der Waals surface area contributed by atoms with Crippen LogP contribution in [0, 0.1) is 0 Å². The Labute approximate surface area is 138 Å².